The number of imidazole rings is 3. The number of carbonyl (C=O) groups excluding carboxylic acids is 4. The average molecular weight is 1800 g/mol. The molecule has 552 valence electrons. The van der Waals surface area contributed by atoms with Crippen LogP contribution in [0.15, 0.2) is 174 Å². The fourth-order valence-corrected chi connectivity index (χ4v) is 20.1. The van der Waals surface area contributed by atoms with Gasteiger partial charge in [-0.05, 0) is 135 Å². The van der Waals surface area contributed by atoms with Crippen molar-refractivity contribution < 1.29 is 49.2 Å². The van der Waals surface area contributed by atoms with Gasteiger partial charge in [-0.2, -0.15) is 13.3 Å². The minimum atomic E-state index is -4.29. The molecule has 9 aromatic rings. The van der Waals surface area contributed by atoms with E-state index in [0.29, 0.717) is 86.6 Å². The van der Waals surface area contributed by atoms with E-state index in [-0.39, 0.29) is 77.1 Å². The van der Waals surface area contributed by atoms with Crippen LogP contribution >= 0.6 is 117 Å². The first-order valence-corrected chi connectivity index (χ1v) is 41.1. The number of ether oxygens (including phenoxy) is 1. The number of nitrogens with one attached hydrogen (secondary N) is 2. The smallest absolute Gasteiger partial charge is 0.260 e. The van der Waals surface area contributed by atoms with Crippen LogP contribution in [0.3, 0.4) is 0 Å². The molecule has 2 fully saturated rings. The lowest BCUT2D eigenvalue weighted by molar-refractivity contribution is -0.124. The molecular formula is C68H63Br3Cl6N14O11S3. The molecule has 5 aliphatic heterocycles. The quantitative estimate of drug-likeness (QED) is 0.0763. The van der Waals surface area contributed by atoms with Gasteiger partial charge in [-0.3, -0.25) is 32.9 Å². The van der Waals surface area contributed by atoms with E-state index in [1.165, 1.54) is 70.0 Å². The molecular weight excluding hydrogens is 1740 g/mol. The van der Waals surface area contributed by atoms with Crippen molar-refractivity contribution in [3.05, 3.63) is 206 Å². The Morgan fingerprint density at radius 3 is 1.09 bits per heavy atom. The molecule has 6 aromatic carbocycles. The van der Waals surface area contributed by atoms with Crippen LogP contribution in [0.2, 0.25) is 30.1 Å². The molecule has 0 spiro atoms. The molecule has 3 aromatic heterocycles. The number of nitrogens with zero attached hydrogens (tertiary/aromatic N) is 11. The highest BCUT2D eigenvalue weighted by Gasteiger charge is 2.56. The van der Waals surface area contributed by atoms with Crippen molar-refractivity contribution in [2.24, 2.45) is 5.73 Å². The zero-order valence-electron chi connectivity index (χ0n) is 55.8. The fraction of sp³-hybridized carbons (Fsp3) is 0.279. The summed E-state index contributed by atoms with van der Waals surface area (Å²) in [6.07, 6.45) is 4.44. The lowest BCUT2D eigenvalue weighted by Crippen LogP contribution is -2.48. The van der Waals surface area contributed by atoms with Gasteiger partial charge in [0.05, 0.1) is 54.9 Å². The minimum Gasteiger partial charge on any atom is -0.379 e. The number of anilines is 6. The Morgan fingerprint density at radius 1 is 0.495 bits per heavy atom. The number of sulfonamides is 3. The summed E-state index contributed by atoms with van der Waals surface area (Å²) in [6, 6.07) is 35.5. The van der Waals surface area contributed by atoms with E-state index >= 15 is 0 Å². The molecule has 0 saturated carbocycles. The predicted octanol–water partition coefficient (Wildman–Crippen LogP) is 12.5. The van der Waals surface area contributed by atoms with Crippen molar-refractivity contribution >= 4 is 206 Å². The average Bonchev–Trinajstić information content (AvgIpc) is 1.56. The maximum Gasteiger partial charge on any atom is 0.260 e. The Hall–Kier alpha value is -6.34. The molecule has 4 atom stereocenters. The van der Waals surface area contributed by atoms with Crippen LogP contribution in [0.5, 0.6) is 0 Å². The van der Waals surface area contributed by atoms with Crippen LogP contribution in [0.1, 0.15) is 44.4 Å². The van der Waals surface area contributed by atoms with E-state index < -0.39 is 64.5 Å². The topological polar surface area (TPSA) is 300 Å². The summed E-state index contributed by atoms with van der Waals surface area (Å²) in [7, 11) is -12.1. The molecule has 14 rings (SSSR count). The number of hydrogen-bond acceptors (Lipinski definition) is 15. The lowest BCUT2D eigenvalue weighted by Gasteiger charge is -2.30. The van der Waals surface area contributed by atoms with Crippen LogP contribution < -0.4 is 30.5 Å². The summed E-state index contributed by atoms with van der Waals surface area (Å²) < 4.78 is 98.7. The highest BCUT2D eigenvalue weighted by molar-refractivity contribution is 9.11. The Balaban J connectivity index is 0.000000148. The van der Waals surface area contributed by atoms with Gasteiger partial charge in [0.15, 0.2) is 15.1 Å². The van der Waals surface area contributed by atoms with Crippen molar-refractivity contribution in [2.45, 2.75) is 84.7 Å². The predicted molar refractivity (Wildman–Crippen MR) is 412 cm³/mol. The Kier molecular flexibility index (Phi) is 22.8. The summed E-state index contributed by atoms with van der Waals surface area (Å²) in [5.41, 5.74) is 5.01. The van der Waals surface area contributed by atoms with E-state index in [1.807, 2.05) is 72.8 Å². The Labute approximate surface area is 660 Å². The number of rotatable bonds is 17. The number of morpholine rings is 1. The zero-order valence-corrected chi connectivity index (χ0v) is 67.6. The van der Waals surface area contributed by atoms with Gasteiger partial charge in [0.2, 0.25) is 23.8 Å². The molecule has 0 bridgehead atoms. The molecule has 0 radical (unpaired) electrons. The number of fused-ring (bicyclic) bond motifs is 3. The molecule has 4 amide bonds. The molecule has 0 unspecified atom stereocenters. The number of benzene rings is 6. The van der Waals surface area contributed by atoms with Crippen LogP contribution in [0, 0.1) is 0 Å². The molecule has 37 heteroatoms. The van der Waals surface area contributed by atoms with E-state index in [0.717, 1.165) is 36.3 Å². The van der Waals surface area contributed by atoms with Gasteiger partial charge in [-0.1, -0.05) is 154 Å². The van der Waals surface area contributed by atoms with Gasteiger partial charge in [0.1, 0.15) is 16.6 Å². The largest absolute Gasteiger partial charge is 0.379 e. The summed E-state index contributed by atoms with van der Waals surface area (Å²) in [6.45, 7) is 9.30. The first-order chi connectivity index (χ1) is 49.5. The molecule has 5 aliphatic rings. The first-order valence-electron chi connectivity index (χ1n) is 32.1. The van der Waals surface area contributed by atoms with Gasteiger partial charge >= 0.3 is 0 Å². The lowest BCUT2D eigenvalue weighted by atomic mass is 9.92. The van der Waals surface area contributed by atoms with Crippen molar-refractivity contribution in [1.29, 1.82) is 0 Å². The number of aromatic nitrogens is 6. The summed E-state index contributed by atoms with van der Waals surface area (Å²) in [5, 5.41) is 4.82. The van der Waals surface area contributed by atoms with E-state index in [4.69, 9.17) is 80.1 Å². The number of carbonyl (C=O) groups is 4. The number of halogens is 9. The molecule has 105 heavy (non-hydrogen) atoms. The maximum atomic E-state index is 14.0. The second kappa shape index (κ2) is 30.6. The number of primary amides is 1. The Bertz CT molecular complexity index is 5010. The zero-order chi connectivity index (χ0) is 75.6. The third-order valence-electron chi connectivity index (χ3n) is 18.2. The third kappa shape index (κ3) is 15.4. The van der Waals surface area contributed by atoms with Crippen molar-refractivity contribution in [2.75, 3.05) is 67.2 Å². The van der Waals surface area contributed by atoms with Crippen molar-refractivity contribution in [3.8, 4) is 0 Å². The summed E-state index contributed by atoms with van der Waals surface area (Å²) in [5.74, 6) is -1.46. The van der Waals surface area contributed by atoms with Gasteiger partial charge in [0, 0.05) is 102 Å². The highest BCUT2D eigenvalue weighted by atomic mass is 79.9. The van der Waals surface area contributed by atoms with Crippen molar-refractivity contribution in [1.82, 2.24) is 47.3 Å². The second-order valence-electron chi connectivity index (χ2n) is 25.6. The first kappa shape index (κ1) is 78.2. The Morgan fingerprint density at radius 2 is 0.781 bits per heavy atom. The normalized spacial score (nSPS) is 20.1. The van der Waals surface area contributed by atoms with Gasteiger partial charge < -0.3 is 15.8 Å². The van der Waals surface area contributed by atoms with Crippen LogP contribution in [-0.2, 0) is 89.9 Å². The molecule has 8 heterocycles. The maximum absolute atomic E-state index is 14.0. The van der Waals surface area contributed by atoms with E-state index in [2.05, 4.69) is 72.8 Å². The standard InChI is InChI=1S/C23H22BrCl2N5O3S.C23H21BrCl2N4O4S.C22H20BrCl2N5O4S/c1-23(13-15-2-4-16(24)5-3-15)21(32)30(19-11-17(25)10-18(26)12-19)22-28-14-20(31(22)23)35(33,34)29-8-6-27-7-9-29;1-23(13-15-2-4-16(24)5-3-15)21(31)29(19-11-17(25)10-18(26)12-19)22-27-14-20(30(22)23)35(32,33)28-6-8-34-9-7-28;1-12(19(26)31)28-35(33,34)18-11-27-21-29(17-8-15(24)7-16(25)9-17)20(32)22(2,30(18)21)10-13-3-5-14(23)6-4-13/h2-5,10-12,14,27H,6-9,13H2,1H3;2-5,10-12,14H,6-9,13H2,1H3;3-9,11-12,28H,10H2,1-2H3,(H2,26,31)/t2*23-;12-,22+/m110/s1. The summed E-state index contributed by atoms with van der Waals surface area (Å²) >= 11 is 47.5. The highest BCUT2D eigenvalue weighted by Crippen LogP contribution is 2.49. The number of hydrogen-bond donors (Lipinski definition) is 3. The molecule has 2 saturated heterocycles. The van der Waals surface area contributed by atoms with Crippen LogP contribution in [0.25, 0.3) is 0 Å². The molecule has 0 aliphatic carbocycles. The van der Waals surface area contributed by atoms with E-state index in [1.54, 1.807) is 61.7 Å². The summed E-state index contributed by atoms with van der Waals surface area (Å²) in [4.78, 5) is 70.7. The van der Waals surface area contributed by atoms with Gasteiger partial charge in [-0.15, -0.1) is 0 Å². The van der Waals surface area contributed by atoms with Gasteiger partial charge in [-0.25, -0.2) is 54.9 Å². The second-order valence-corrected chi connectivity index (χ2v) is 36.4. The minimum absolute atomic E-state index is 0.0158. The monoisotopic (exact) mass is 1790 g/mol. The number of nitrogens with two attached hydrogens (primary N) is 1. The molecule has 4 N–H and O–H groups in total. The van der Waals surface area contributed by atoms with Crippen molar-refractivity contribution in [3.63, 3.8) is 0 Å². The number of amides is 4. The van der Waals surface area contributed by atoms with E-state index in [9.17, 15) is 44.4 Å². The van der Waals surface area contributed by atoms with Crippen LogP contribution in [0.4, 0.5) is 34.9 Å². The third-order valence-corrected chi connectivity index (χ3v) is 26.3. The van der Waals surface area contributed by atoms with Crippen LogP contribution in [-0.4, -0.2) is 145 Å². The number of piperazine rings is 1. The van der Waals surface area contributed by atoms with Gasteiger partial charge in [0.25, 0.3) is 47.8 Å². The fourth-order valence-electron chi connectivity index (χ4n) is 13.1. The SMILES string of the molecule is C[C@@]1(Cc2ccc(Br)cc2)C(=O)N(c2cc(Cl)cc(Cl)c2)c2ncc(S(=O)(=O)N3CCNCC3)n21.C[C@@]1(Cc2ccc(Br)cc2)C(=O)N(c2cc(Cl)cc(Cl)c2)c2ncc(S(=O)(=O)N3CCOCC3)n21.C[C@H](NS(=O)(=O)c1cnc2n1[C@](C)(Cc1ccc(Br)cc1)C(=O)N2c1cc(Cl)cc(Cl)c1)C(N)=O. The molecule has 25 nitrogen and oxygen atoms in total.